The van der Waals surface area contributed by atoms with Gasteiger partial charge in [-0.15, -0.1) is 0 Å². The molecule has 2 N–H and O–H groups in total. The zero-order valence-corrected chi connectivity index (χ0v) is 9.94. The van der Waals surface area contributed by atoms with Gasteiger partial charge in [-0.25, -0.2) is 0 Å². The lowest BCUT2D eigenvalue weighted by Crippen LogP contribution is -2.37. The minimum absolute atomic E-state index is 0.0596. The number of aliphatic hydroxyl groups excluding tert-OH is 2. The number of alkyl halides is 1. The summed E-state index contributed by atoms with van der Waals surface area (Å²) < 4.78 is 0. The highest BCUT2D eigenvalue weighted by atomic mass is 79.9. The van der Waals surface area contributed by atoms with E-state index < -0.39 is 12.2 Å². The summed E-state index contributed by atoms with van der Waals surface area (Å²) in [5.41, 5.74) is 0. The average molecular weight is 266 g/mol. The monoisotopic (exact) mass is 265 g/mol. The molecule has 0 spiro atoms. The summed E-state index contributed by atoms with van der Waals surface area (Å²) in [5.74, 6) is 0.146. The largest absolute Gasteiger partial charge is 0.388 e. The second-order valence-electron chi connectivity index (χ2n) is 4.02. The Morgan fingerprint density at radius 3 is 2.14 bits per heavy atom. The Bertz CT molecular complexity index is 212. The summed E-state index contributed by atoms with van der Waals surface area (Å²) in [5, 5.41) is 18.6. The third-order valence-electron chi connectivity index (χ3n) is 2.39. The minimum atomic E-state index is -0.800. The Morgan fingerprint density at radius 1 is 1.36 bits per heavy atom. The van der Waals surface area contributed by atoms with Gasteiger partial charge in [0.1, 0.15) is 0 Å². The third kappa shape index (κ3) is 2.46. The molecule has 0 aromatic rings. The first-order chi connectivity index (χ1) is 6.43. The van der Waals surface area contributed by atoms with Crippen LogP contribution in [0.1, 0.15) is 13.8 Å². The van der Waals surface area contributed by atoms with Crippen molar-refractivity contribution >= 4 is 21.8 Å². The first kappa shape index (κ1) is 11.9. The van der Waals surface area contributed by atoms with Crippen molar-refractivity contribution in [2.75, 3.05) is 13.1 Å². The number of halogens is 1. The molecular weight excluding hydrogens is 250 g/mol. The summed E-state index contributed by atoms with van der Waals surface area (Å²) >= 11 is 3.30. The van der Waals surface area contributed by atoms with E-state index in [1.54, 1.807) is 0 Å². The van der Waals surface area contributed by atoms with Crippen LogP contribution in [0.15, 0.2) is 0 Å². The van der Waals surface area contributed by atoms with E-state index in [9.17, 15) is 15.0 Å². The molecule has 0 bridgehead atoms. The summed E-state index contributed by atoms with van der Waals surface area (Å²) in [6.07, 6.45) is -1.60. The number of hydrogen-bond donors (Lipinski definition) is 2. The van der Waals surface area contributed by atoms with Crippen molar-refractivity contribution in [1.82, 2.24) is 4.90 Å². The SMILES string of the molecule is CC(C)C(Br)C(=O)N1CC(O)C(O)C1. The number of amides is 1. The predicted molar refractivity (Wildman–Crippen MR) is 56.1 cm³/mol. The van der Waals surface area contributed by atoms with Crippen molar-refractivity contribution in [3.63, 3.8) is 0 Å². The lowest BCUT2D eigenvalue weighted by Gasteiger charge is -2.21. The molecule has 1 aliphatic heterocycles. The molecule has 1 amide bonds. The van der Waals surface area contributed by atoms with Crippen LogP contribution in [0.25, 0.3) is 0 Å². The van der Waals surface area contributed by atoms with Crippen molar-refractivity contribution in [3.05, 3.63) is 0 Å². The van der Waals surface area contributed by atoms with Crippen LogP contribution in [-0.4, -0.2) is 51.1 Å². The van der Waals surface area contributed by atoms with Crippen LogP contribution < -0.4 is 0 Å². The van der Waals surface area contributed by atoms with E-state index in [1.807, 2.05) is 13.8 Å². The van der Waals surface area contributed by atoms with E-state index in [4.69, 9.17) is 0 Å². The Kier molecular flexibility index (Phi) is 3.92. The number of likely N-dealkylation sites (tertiary alicyclic amines) is 1. The lowest BCUT2D eigenvalue weighted by molar-refractivity contribution is -0.130. The van der Waals surface area contributed by atoms with Gasteiger partial charge in [0.2, 0.25) is 5.91 Å². The molecular formula is C9H16BrNO3. The number of nitrogens with zero attached hydrogens (tertiary/aromatic N) is 1. The van der Waals surface area contributed by atoms with E-state index in [0.29, 0.717) is 0 Å². The van der Waals surface area contributed by atoms with E-state index in [0.717, 1.165) is 0 Å². The van der Waals surface area contributed by atoms with Gasteiger partial charge in [-0.05, 0) is 5.92 Å². The van der Waals surface area contributed by atoms with Gasteiger partial charge in [0, 0.05) is 13.1 Å². The fourth-order valence-electron chi connectivity index (χ4n) is 1.41. The minimum Gasteiger partial charge on any atom is -0.388 e. The number of hydrogen-bond acceptors (Lipinski definition) is 3. The molecule has 0 saturated carbocycles. The maximum atomic E-state index is 11.7. The van der Waals surface area contributed by atoms with Gasteiger partial charge < -0.3 is 15.1 Å². The highest BCUT2D eigenvalue weighted by Gasteiger charge is 2.35. The van der Waals surface area contributed by atoms with Gasteiger partial charge in [-0.1, -0.05) is 29.8 Å². The number of β-amino-alcohol motifs (C(OH)–C–C–N with tert-alkyl or cyclic N) is 2. The summed E-state index contributed by atoms with van der Waals surface area (Å²) in [7, 11) is 0. The molecule has 1 aliphatic rings. The molecule has 1 fully saturated rings. The molecule has 1 saturated heterocycles. The van der Waals surface area contributed by atoms with Gasteiger partial charge in [0.05, 0.1) is 17.0 Å². The fourth-order valence-corrected chi connectivity index (χ4v) is 1.70. The molecule has 1 rings (SSSR count). The van der Waals surface area contributed by atoms with Crippen LogP contribution in [0, 0.1) is 5.92 Å². The molecule has 5 heteroatoms. The molecule has 14 heavy (non-hydrogen) atoms. The summed E-state index contributed by atoms with van der Waals surface area (Å²) in [6, 6.07) is 0. The van der Waals surface area contributed by atoms with Crippen LogP contribution >= 0.6 is 15.9 Å². The van der Waals surface area contributed by atoms with Crippen LogP contribution in [0.5, 0.6) is 0 Å². The topological polar surface area (TPSA) is 60.8 Å². The standard InChI is InChI=1S/C9H16BrNO3/c1-5(2)8(10)9(14)11-3-6(12)7(13)4-11/h5-8,12-13H,3-4H2,1-2H3. The maximum Gasteiger partial charge on any atom is 0.236 e. The zero-order chi connectivity index (χ0) is 10.9. The number of carbonyl (C=O) groups excluding carboxylic acids is 1. The predicted octanol–water partition coefficient (Wildman–Crippen LogP) is -0.0301. The highest BCUT2D eigenvalue weighted by Crippen LogP contribution is 2.19. The van der Waals surface area contributed by atoms with Gasteiger partial charge in [-0.2, -0.15) is 0 Å². The van der Waals surface area contributed by atoms with E-state index >= 15 is 0 Å². The Morgan fingerprint density at radius 2 is 1.79 bits per heavy atom. The fraction of sp³-hybridized carbons (Fsp3) is 0.889. The first-order valence-electron chi connectivity index (χ1n) is 4.72. The van der Waals surface area contributed by atoms with E-state index in [-0.39, 0.29) is 29.7 Å². The van der Waals surface area contributed by atoms with Crippen LogP contribution in [0.2, 0.25) is 0 Å². The van der Waals surface area contributed by atoms with E-state index in [1.165, 1.54) is 4.90 Å². The quantitative estimate of drug-likeness (QED) is 0.690. The number of rotatable bonds is 2. The number of carbonyl (C=O) groups is 1. The Hall–Kier alpha value is -0.130. The second-order valence-corrected chi connectivity index (χ2v) is 5.01. The second kappa shape index (κ2) is 4.59. The molecule has 82 valence electrons. The molecule has 0 aliphatic carbocycles. The highest BCUT2D eigenvalue weighted by molar-refractivity contribution is 9.10. The normalized spacial score (nSPS) is 29.7. The molecule has 0 aromatic carbocycles. The van der Waals surface area contributed by atoms with Crippen LogP contribution in [0.4, 0.5) is 0 Å². The van der Waals surface area contributed by atoms with Gasteiger partial charge in [-0.3, -0.25) is 4.79 Å². The van der Waals surface area contributed by atoms with Crippen LogP contribution in [0.3, 0.4) is 0 Å². The van der Waals surface area contributed by atoms with Crippen molar-refractivity contribution in [3.8, 4) is 0 Å². The Balaban J connectivity index is 2.55. The molecule has 0 radical (unpaired) electrons. The molecule has 1 heterocycles. The third-order valence-corrected chi connectivity index (χ3v) is 3.84. The molecule has 4 nitrogen and oxygen atoms in total. The van der Waals surface area contributed by atoms with E-state index in [2.05, 4.69) is 15.9 Å². The lowest BCUT2D eigenvalue weighted by atomic mass is 10.1. The van der Waals surface area contributed by atoms with Crippen molar-refractivity contribution in [1.29, 1.82) is 0 Å². The van der Waals surface area contributed by atoms with Crippen molar-refractivity contribution in [2.24, 2.45) is 5.92 Å². The van der Waals surface area contributed by atoms with Crippen LogP contribution in [-0.2, 0) is 4.79 Å². The molecule has 0 aromatic heterocycles. The van der Waals surface area contributed by atoms with Crippen molar-refractivity contribution in [2.45, 2.75) is 30.9 Å². The zero-order valence-electron chi connectivity index (χ0n) is 8.35. The molecule has 3 unspecified atom stereocenters. The first-order valence-corrected chi connectivity index (χ1v) is 5.64. The van der Waals surface area contributed by atoms with Gasteiger partial charge in [0.15, 0.2) is 0 Å². The van der Waals surface area contributed by atoms with Crippen molar-refractivity contribution < 1.29 is 15.0 Å². The maximum absolute atomic E-state index is 11.7. The van der Waals surface area contributed by atoms with Gasteiger partial charge in [0.25, 0.3) is 0 Å². The molecule has 3 atom stereocenters. The number of aliphatic hydroxyl groups is 2. The Labute approximate surface area is 92.0 Å². The summed E-state index contributed by atoms with van der Waals surface area (Å²) in [4.78, 5) is 13.0. The summed E-state index contributed by atoms with van der Waals surface area (Å²) in [6.45, 7) is 4.35. The smallest absolute Gasteiger partial charge is 0.236 e. The average Bonchev–Trinajstić information content (AvgIpc) is 2.44. The van der Waals surface area contributed by atoms with Gasteiger partial charge >= 0.3 is 0 Å².